The molecule has 4 rings (SSSR count). The number of halogens is 4. The van der Waals surface area contributed by atoms with Crippen molar-refractivity contribution in [1.29, 1.82) is 0 Å². The van der Waals surface area contributed by atoms with Gasteiger partial charge in [-0.05, 0) is 66.1 Å². The van der Waals surface area contributed by atoms with E-state index in [-0.39, 0.29) is 10.9 Å². The number of aryl methyl sites for hydroxylation is 3. The second-order valence-electron chi connectivity index (χ2n) is 8.45. The third kappa shape index (κ3) is 6.05. The molecule has 0 amide bonds. The fraction of sp³-hybridized carbons (Fsp3) is 0.241. The molecule has 6 heteroatoms. The fourth-order valence-corrected chi connectivity index (χ4v) is 3.84. The molecule has 0 fully saturated rings. The molecule has 0 bridgehead atoms. The summed E-state index contributed by atoms with van der Waals surface area (Å²) in [5, 5.41) is 0.565. The van der Waals surface area contributed by atoms with Crippen LogP contribution in [0.4, 0.5) is 17.6 Å². The summed E-state index contributed by atoms with van der Waals surface area (Å²) in [5.41, 5.74) is 1.67. The standard InChI is InChI=1S/C29H24F4N2/c1-2-3-4-5-21-17-34-28(35-18-21)13-8-20-15-26(31)24(27(32)16-20)11-7-19-6-10-23-22(14-19)9-12-25(30)29(23)33/h6,9-10,12,14-18H,2-5,8,13H2,1H3. The SMILES string of the molecule is CCCCCc1cnc(CCc2cc(F)c(C#Cc3ccc4c(F)c(F)ccc4c3)c(F)c2)nc1. The smallest absolute Gasteiger partial charge is 0.166 e. The van der Waals surface area contributed by atoms with Crippen LogP contribution in [0.1, 0.15) is 54.3 Å². The average Bonchev–Trinajstić information content (AvgIpc) is 2.85. The molecule has 4 aromatic rings. The molecule has 0 N–H and O–H groups in total. The second-order valence-corrected chi connectivity index (χ2v) is 8.45. The first-order valence-corrected chi connectivity index (χ1v) is 11.6. The Hall–Kier alpha value is -3.72. The highest BCUT2D eigenvalue weighted by atomic mass is 19.2. The van der Waals surface area contributed by atoms with E-state index in [1.165, 1.54) is 36.8 Å². The number of hydrogen-bond acceptors (Lipinski definition) is 2. The van der Waals surface area contributed by atoms with Crippen molar-refractivity contribution in [3.05, 3.63) is 106 Å². The highest BCUT2D eigenvalue weighted by molar-refractivity contribution is 5.84. The van der Waals surface area contributed by atoms with Gasteiger partial charge in [-0.1, -0.05) is 43.7 Å². The third-order valence-corrected chi connectivity index (χ3v) is 5.81. The molecule has 0 aliphatic carbocycles. The van der Waals surface area contributed by atoms with E-state index in [9.17, 15) is 17.6 Å². The Morgan fingerprint density at radius 1 is 0.714 bits per heavy atom. The molecule has 0 aliphatic heterocycles. The van der Waals surface area contributed by atoms with Gasteiger partial charge in [-0.3, -0.25) is 0 Å². The zero-order valence-electron chi connectivity index (χ0n) is 19.3. The second kappa shape index (κ2) is 11.1. The zero-order chi connectivity index (χ0) is 24.8. The zero-order valence-corrected chi connectivity index (χ0v) is 19.3. The van der Waals surface area contributed by atoms with Crippen LogP contribution >= 0.6 is 0 Å². The molecule has 0 atom stereocenters. The van der Waals surface area contributed by atoms with Crippen molar-refractivity contribution >= 4 is 10.8 Å². The molecular formula is C29H24F4N2. The Kier molecular flexibility index (Phi) is 7.77. The van der Waals surface area contributed by atoms with E-state index in [1.807, 2.05) is 12.4 Å². The van der Waals surface area contributed by atoms with Crippen LogP contribution in [0, 0.1) is 35.1 Å². The molecule has 0 aliphatic rings. The molecular weight excluding hydrogens is 452 g/mol. The molecule has 1 heterocycles. The predicted octanol–water partition coefficient (Wildman–Crippen LogP) is 7.10. The summed E-state index contributed by atoms with van der Waals surface area (Å²) in [5.74, 6) is 2.46. The maximum Gasteiger partial charge on any atom is 0.166 e. The number of nitrogens with zero attached hydrogens (tertiary/aromatic N) is 2. The van der Waals surface area contributed by atoms with E-state index in [0.29, 0.717) is 35.2 Å². The van der Waals surface area contributed by atoms with Gasteiger partial charge in [-0.2, -0.15) is 0 Å². The summed E-state index contributed by atoms with van der Waals surface area (Å²) in [6.07, 6.45) is 8.86. The van der Waals surface area contributed by atoms with Crippen molar-refractivity contribution in [3.63, 3.8) is 0 Å². The molecule has 0 saturated carbocycles. The van der Waals surface area contributed by atoms with Crippen LogP contribution < -0.4 is 0 Å². The first kappa shape index (κ1) is 24.4. The van der Waals surface area contributed by atoms with E-state index in [1.54, 1.807) is 6.07 Å². The lowest BCUT2D eigenvalue weighted by molar-refractivity contribution is 0.517. The Balaban J connectivity index is 1.44. The Bertz CT molecular complexity index is 1380. The van der Waals surface area contributed by atoms with Crippen molar-refractivity contribution in [2.45, 2.75) is 45.4 Å². The van der Waals surface area contributed by atoms with E-state index >= 15 is 0 Å². The minimum Gasteiger partial charge on any atom is -0.241 e. The summed E-state index contributed by atoms with van der Waals surface area (Å²) in [4.78, 5) is 8.73. The number of rotatable bonds is 7. The van der Waals surface area contributed by atoms with Gasteiger partial charge in [0.15, 0.2) is 11.6 Å². The number of benzene rings is 3. The average molecular weight is 477 g/mol. The van der Waals surface area contributed by atoms with Gasteiger partial charge < -0.3 is 0 Å². The first-order valence-electron chi connectivity index (χ1n) is 11.6. The summed E-state index contributed by atoms with van der Waals surface area (Å²) in [7, 11) is 0. The number of hydrogen-bond donors (Lipinski definition) is 0. The summed E-state index contributed by atoms with van der Waals surface area (Å²) >= 11 is 0. The quantitative estimate of drug-likeness (QED) is 0.161. The summed E-state index contributed by atoms with van der Waals surface area (Å²) in [6.45, 7) is 2.16. The first-order chi connectivity index (χ1) is 16.9. The number of aromatic nitrogens is 2. The predicted molar refractivity (Wildman–Crippen MR) is 129 cm³/mol. The van der Waals surface area contributed by atoms with Crippen molar-refractivity contribution in [2.75, 3.05) is 0 Å². The normalized spacial score (nSPS) is 10.9. The molecule has 1 aromatic heterocycles. The van der Waals surface area contributed by atoms with E-state index in [2.05, 4.69) is 28.7 Å². The Labute approximate surface area is 202 Å². The summed E-state index contributed by atoms with van der Waals surface area (Å²) < 4.78 is 56.5. The highest BCUT2D eigenvalue weighted by Gasteiger charge is 2.11. The van der Waals surface area contributed by atoms with Crippen LogP contribution in [0.2, 0.25) is 0 Å². The minimum absolute atomic E-state index is 0.118. The van der Waals surface area contributed by atoms with Crippen molar-refractivity contribution in [1.82, 2.24) is 9.97 Å². The van der Waals surface area contributed by atoms with Crippen LogP contribution in [0.3, 0.4) is 0 Å². The van der Waals surface area contributed by atoms with E-state index in [0.717, 1.165) is 30.9 Å². The molecule has 35 heavy (non-hydrogen) atoms. The molecule has 2 nitrogen and oxygen atoms in total. The monoisotopic (exact) mass is 476 g/mol. The van der Waals surface area contributed by atoms with E-state index < -0.39 is 23.3 Å². The molecule has 0 spiro atoms. The number of fused-ring (bicyclic) bond motifs is 1. The van der Waals surface area contributed by atoms with Gasteiger partial charge in [0.2, 0.25) is 0 Å². The topological polar surface area (TPSA) is 25.8 Å². The number of unbranched alkanes of at least 4 members (excludes halogenated alkanes) is 2. The molecule has 0 unspecified atom stereocenters. The largest absolute Gasteiger partial charge is 0.241 e. The van der Waals surface area contributed by atoms with Crippen LogP contribution in [-0.2, 0) is 19.3 Å². The molecule has 0 radical (unpaired) electrons. The van der Waals surface area contributed by atoms with Crippen LogP contribution in [0.5, 0.6) is 0 Å². The van der Waals surface area contributed by atoms with Crippen molar-refractivity contribution < 1.29 is 17.6 Å². The van der Waals surface area contributed by atoms with Crippen molar-refractivity contribution in [3.8, 4) is 11.8 Å². The van der Waals surface area contributed by atoms with Gasteiger partial charge in [0.25, 0.3) is 0 Å². The van der Waals surface area contributed by atoms with Crippen LogP contribution in [0.15, 0.2) is 54.9 Å². The molecule has 178 valence electrons. The Morgan fingerprint density at radius 2 is 1.46 bits per heavy atom. The lowest BCUT2D eigenvalue weighted by atomic mass is 10.0. The lowest BCUT2D eigenvalue weighted by Gasteiger charge is -2.05. The van der Waals surface area contributed by atoms with Gasteiger partial charge in [-0.15, -0.1) is 0 Å². The van der Waals surface area contributed by atoms with Gasteiger partial charge >= 0.3 is 0 Å². The fourth-order valence-electron chi connectivity index (χ4n) is 3.84. The summed E-state index contributed by atoms with van der Waals surface area (Å²) in [6, 6.07) is 9.42. The van der Waals surface area contributed by atoms with Crippen LogP contribution in [-0.4, -0.2) is 9.97 Å². The van der Waals surface area contributed by atoms with Gasteiger partial charge in [-0.25, -0.2) is 27.5 Å². The maximum absolute atomic E-state index is 14.6. The maximum atomic E-state index is 14.6. The van der Waals surface area contributed by atoms with Crippen molar-refractivity contribution in [2.24, 2.45) is 0 Å². The van der Waals surface area contributed by atoms with E-state index in [4.69, 9.17) is 0 Å². The lowest BCUT2D eigenvalue weighted by Crippen LogP contribution is -2.01. The van der Waals surface area contributed by atoms with Gasteiger partial charge in [0, 0.05) is 29.8 Å². The van der Waals surface area contributed by atoms with Gasteiger partial charge in [0.1, 0.15) is 17.5 Å². The highest BCUT2D eigenvalue weighted by Crippen LogP contribution is 2.22. The third-order valence-electron chi connectivity index (χ3n) is 5.81. The molecule has 3 aromatic carbocycles. The Morgan fingerprint density at radius 3 is 2.17 bits per heavy atom. The minimum atomic E-state index is -0.942. The molecule has 0 saturated heterocycles. The van der Waals surface area contributed by atoms with Crippen LogP contribution in [0.25, 0.3) is 10.8 Å². The van der Waals surface area contributed by atoms with Gasteiger partial charge in [0.05, 0.1) is 5.56 Å².